The Labute approximate surface area is 125 Å². The van der Waals surface area contributed by atoms with Crippen molar-refractivity contribution < 1.29 is 4.79 Å². The van der Waals surface area contributed by atoms with E-state index >= 15 is 0 Å². The molecule has 0 bridgehead atoms. The predicted molar refractivity (Wildman–Crippen MR) is 84.0 cm³/mol. The van der Waals surface area contributed by atoms with Gasteiger partial charge in [0, 0.05) is 31.9 Å². The van der Waals surface area contributed by atoms with Gasteiger partial charge in [-0.05, 0) is 35.7 Å². The van der Waals surface area contributed by atoms with E-state index in [1.54, 1.807) is 7.05 Å². The molecule has 0 atom stereocenters. The van der Waals surface area contributed by atoms with E-state index in [-0.39, 0.29) is 5.91 Å². The summed E-state index contributed by atoms with van der Waals surface area (Å²) in [5.41, 5.74) is 4.21. The summed E-state index contributed by atoms with van der Waals surface area (Å²) in [7, 11) is 1.63. The Kier molecular flexibility index (Phi) is 5.46. The van der Waals surface area contributed by atoms with Crippen molar-refractivity contribution in [3.8, 4) is 0 Å². The van der Waals surface area contributed by atoms with Crippen LogP contribution in [0.1, 0.15) is 34.1 Å². The molecule has 1 amide bonds. The zero-order valence-corrected chi connectivity index (χ0v) is 12.5. The highest BCUT2D eigenvalue weighted by molar-refractivity contribution is 5.93. The topological polar surface area (TPSA) is 54.0 Å². The highest BCUT2D eigenvalue weighted by Gasteiger charge is 2.03. The zero-order chi connectivity index (χ0) is 15.1. The molecule has 0 fully saturated rings. The van der Waals surface area contributed by atoms with Crippen LogP contribution in [0.3, 0.4) is 0 Å². The maximum atomic E-state index is 11.5. The molecule has 0 unspecified atom stereocenters. The number of aryl methyl sites for hydroxylation is 1. The van der Waals surface area contributed by atoms with Gasteiger partial charge in [0.1, 0.15) is 0 Å². The monoisotopic (exact) mass is 283 g/mol. The van der Waals surface area contributed by atoms with Crippen LogP contribution in [0.5, 0.6) is 0 Å². The molecule has 0 spiro atoms. The molecule has 2 N–H and O–H groups in total. The van der Waals surface area contributed by atoms with Crippen molar-refractivity contribution in [2.45, 2.75) is 26.4 Å². The number of hydrogen-bond donors (Lipinski definition) is 2. The fraction of sp³-hybridized carbons (Fsp3) is 0.294. The molecule has 4 heteroatoms. The molecule has 2 rings (SSSR count). The van der Waals surface area contributed by atoms with E-state index in [4.69, 9.17) is 0 Å². The Morgan fingerprint density at radius 3 is 2.57 bits per heavy atom. The third-order valence-electron chi connectivity index (χ3n) is 3.43. The molecule has 0 saturated heterocycles. The Balaban J connectivity index is 1.90. The van der Waals surface area contributed by atoms with Gasteiger partial charge in [0.05, 0.1) is 5.69 Å². The molecule has 4 nitrogen and oxygen atoms in total. The van der Waals surface area contributed by atoms with Gasteiger partial charge in [-0.2, -0.15) is 0 Å². The number of carbonyl (C=O) groups is 1. The molecule has 21 heavy (non-hydrogen) atoms. The quantitative estimate of drug-likeness (QED) is 0.855. The fourth-order valence-electron chi connectivity index (χ4n) is 2.20. The van der Waals surface area contributed by atoms with Gasteiger partial charge < -0.3 is 10.6 Å². The molecule has 2 aromatic rings. The van der Waals surface area contributed by atoms with Gasteiger partial charge in [0.25, 0.3) is 5.91 Å². The van der Waals surface area contributed by atoms with Crippen LogP contribution in [-0.2, 0) is 19.5 Å². The van der Waals surface area contributed by atoms with Crippen molar-refractivity contribution in [2.24, 2.45) is 0 Å². The van der Waals surface area contributed by atoms with Crippen molar-refractivity contribution in [3.63, 3.8) is 0 Å². The van der Waals surface area contributed by atoms with Crippen LogP contribution >= 0.6 is 0 Å². The first kappa shape index (κ1) is 15.2. The molecule has 0 aliphatic carbocycles. The second-order valence-corrected chi connectivity index (χ2v) is 4.84. The Morgan fingerprint density at radius 2 is 1.90 bits per heavy atom. The second kappa shape index (κ2) is 7.55. The summed E-state index contributed by atoms with van der Waals surface area (Å²) in [5.74, 6) is -0.0596. The number of nitrogens with one attached hydrogen (secondary N) is 2. The van der Waals surface area contributed by atoms with Crippen molar-refractivity contribution in [2.75, 3.05) is 7.05 Å². The second-order valence-electron chi connectivity index (χ2n) is 4.84. The molecule has 0 saturated carbocycles. The van der Waals surface area contributed by atoms with E-state index in [0.717, 1.165) is 30.8 Å². The molecule has 1 aromatic heterocycles. The van der Waals surface area contributed by atoms with Crippen LogP contribution in [0.15, 0.2) is 42.6 Å². The number of hydrogen-bond acceptors (Lipinski definition) is 3. The first-order valence-electron chi connectivity index (χ1n) is 7.19. The highest BCUT2D eigenvalue weighted by atomic mass is 16.1. The van der Waals surface area contributed by atoms with Gasteiger partial charge in [-0.3, -0.25) is 9.78 Å². The zero-order valence-electron chi connectivity index (χ0n) is 12.5. The van der Waals surface area contributed by atoms with Crippen LogP contribution in [-0.4, -0.2) is 17.9 Å². The lowest BCUT2D eigenvalue weighted by Crippen LogP contribution is -2.18. The van der Waals surface area contributed by atoms with Crippen molar-refractivity contribution in [3.05, 3.63) is 65.0 Å². The van der Waals surface area contributed by atoms with E-state index in [2.05, 4.69) is 28.6 Å². The lowest BCUT2D eigenvalue weighted by atomic mass is 10.1. The molecule has 110 valence electrons. The van der Waals surface area contributed by atoms with Crippen LogP contribution in [0, 0.1) is 0 Å². The van der Waals surface area contributed by atoms with E-state index in [1.165, 1.54) is 5.56 Å². The Morgan fingerprint density at radius 1 is 1.14 bits per heavy atom. The smallest absolute Gasteiger partial charge is 0.251 e. The van der Waals surface area contributed by atoms with Gasteiger partial charge in [0.15, 0.2) is 0 Å². The van der Waals surface area contributed by atoms with Crippen LogP contribution < -0.4 is 10.6 Å². The van der Waals surface area contributed by atoms with Crippen LogP contribution in [0.2, 0.25) is 0 Å². The van der Waals surface area contributed by atoms with E-state index in [1.807, 2.05) is 36.5 Å². The van der Waals surface area contributed by atoms with Crippen LogP contribution in [0.25, 0.3) is 0 Å². The van der Waals surface area contributed by atoms with Crippen LogP contribution in [0.4, 0.5) is 0 Å². The fourth-order valence-corrected chi connectivity index (χ4v) is 2.20. The van der Waals surface area contributed by atoms with Gasteiger partial charge >= 0.3 is 0 Å². The molecule has 0 aliphatic rings. The standard InChI is InChI=1S/C17H21N3O/c1-3-14-5-4-10-20-16(14)12-19-11-13-6-8-15(9-7-13)17(21)18-2/h4-10,19H,3,11-12H2,1-2H3,(H,18,21). The third kappa shape index (κ3) is 4.13. The lowest BCUT2D eigenvalue weighted by Gasteiger charge is -2.08. The molecular formula is C17H21N3O. The van der Waals surface area contributed by atoms with Gasteiger partial charge in [-0.25, -0.2) is 0 Å². The SMILES string of the molecule is CCc1cccnc1CNCc1ccc(C(=O)NC)cc1. The highest BCUT2D eigenvalue weighted by Crippen LogP contribution is 2.07. The minimum absolute atomic E-state index is 0.0596. The van der Waals surface area contributed by atoms with Crippen molar-refractivity contribution in [1.29, 1.82) is 0 Å². The first-order chi connectivity index (χ1) is 10.2. The Hall–Kier alpha value is -2.20. The van der Waals surface area contributed by atoms with Gasteiger partial charge in [-0.15, -0.1) is 0 Å². The minimum Gasteiger partial charge on any atom is -0.355 e. The lowest BCUT2D eigenvalue weighted by molar-refractivity contribution is 0.0963. The number of nitrogens with zero attached hydrogens (tertiary/aromatic N) is 1. The number of carbonyl (C=O) groups excluding carboxylic acids is 1. The molecule has 0 radical (unpaired) electrons. The number of amides is 1. The summed E-state index contributed by atoms with van der Waals surface area (Å²) in [5, 5.41) is 6.01. The summed E-state index contributed by atoms with van der Waals surface area (Å²) in [6.45, 7) is 3.65. The minimum atomic E-state index is -0.0596. The van der Waals surface area contributed by atoms with E-state index in [0.29, 0.717) is 5.56 Å². The molecular weight excluding hydrogens is 262 g/mol. The van der Waals surface area contributed by atoms with Crippen molar-refractivity contribution >= 4 is 5.91 Å². The Bertz CT molecular complexity index is 593. The molecule has 1 heterocycles. The summed E-state index contributed by atoms with van der Waals surface area (Å²) in [4.78, 5) is 15.9. The first-order valence-corrected chi connectivity index (χ1v) is 7.19. The summed E-state index contributed by atoms with van der Waals surface area (Å²) < 4.78 is 0. The van der Waals surface area contributed by atoms with Crippen molar-refractivity contribution in [1.82, 2.24) is 15.6 Å². The average Bonchev–Trinajstić information content (AvgIpc) is 2.55. The molecule has 1 aromatic carbocycles. The number of aromatic nitrogens is 1. The normalized spacial score (nSPS) is 10.4. The largest absolute Gasteiger partial charge is 0.355 e. The third-order valence-corrected chi connectivity index (χ3v) is 3.43. The predicted octanol–water partition coefficient (Wildman–Crippen LogP) is 2.29. The maximum Gasteiger partial charge on any atom is 0.251 e. The molecule has 0 aliphatic heterocycles. The average molecular weight is 283 g/mol. The van der Waals surface area contributed by atoms with Gasteiger partial charge in [0.2, 0.25) is 0 Å². The summed E-state index contributed by atoms with van der Waals surface area (Å²) >= 11 is 0. The number of pyridine rings is 1. The summed E-state index contributed by atoms with van der Waals surface area (Å²) in [6, 6.07) is 11.7. The van der Waals surface area contributed by atoms with E-state index in [9.17, 15) is 4.79 Å². The van der Waals surface area contributed by atoms with Gasteiger partial charge in [-0.1, -0.05) is 25.1 Å². The number of benzene rings is 1. The summed E-state index contributed by atoms with van der Waals surface area (Å²) in [6.07, 6.45) is 2.82. The van der Waals surface area contributed by atoms with E-state index < -0.39 is 0 Å². The maximum absolute atomic E-state index is 11.5. The number of rotatable bonds is 6.